The minimum Gasteiger partial charge on any atom is -0.381 e. The molecule has 1 heterocycles. The first-order valence-corrected chi connectivity index (χ1v) is 7.50. The van der Waals surface area contributed by atoms with E-state index in [-0.39, 0.29) is 0 Å². The van der Waals surface area contributed by atoms with Crippen LogP contribution in [-0.4, -0.2) is 11.8 Å². The van der Waals surface area contributed by atoms with Crippen molar-refractivity contribution in [2.45, 2.75) is 45.1 Å². The van der Waals surface area contributed by atoms with Crippen LogP contribution in [0, 0.1) is 23.2 Å². The first kappa shape index (κ1) is 11.8. The van der Waals surface area contributed by atoms with E-state index in [4.69, 9.17) is 15.0 Å². The summed E-state index contributed by atoms with van der Waals surface area (Å²) in [5, 5.41) is 3.68. The molecule has 1 aromatic heterocycles. The van der Waals surface area contributed by atoms with Crippen molar-refractivity contribution >= 4 is 5.82 Å². The van der Waals surface area contributed by atoms with Crippen LogP contribution in [0.25, 0.3) is 0 Å². The molecule has 0 saturated heterocycles. The second-order valence-electron chi connectivity index (χ2n) is 7.13. The Morgan fingerprint density at radius 3 is 2.37 bits per heavy atom. The third kappa shape index (κ3) is 2.16. The van der Waals surface area contributed by atoms with Gasteiger partial charge in [-0.3, -0.25) is 0 Å². The maximum absolute atomic E-state index is 5.93. The zero-order chi connectivity index (χ0) is 12.9. The standard InChI is InChI=1S/C15H22N2O2/c16-14-4-13(19-17-14)8-18-9-15-5-10-1-11(6-15)3-12(2-10)7-15/h4,10-12H,1-3,5-9H2,(H2,16,17). The summed E-state index contributed by atoms with van der Waals surface area (Å²) in [5.74, 6) is 4.12. The topological polar surface area (TPSA) is 61.3 Å². The lowest BCUT2D eigenvalue weighted by molar-refractivity contribution is -0.101. The van der Waals surface area contributed by atoms with Gasteiger partial charge in [0.15, 0.2) is 11.6 Å². The largest absolute Gasteiger partial charge is 0.381 e. The van der Waals surface area contributed by atoms with Gasteiger partial charge in [-0.05, 0) is 61.7 Å². The minimum atomic E-state index is 0.438. The Hall–Kier alpha value is -1.03. The molecule has 4 heteroatoms. The number of nitrogens with zero attached hydrogens (tertiary/aromatic N) is 1. The molecule has 4 aliphatic rings. The Balaban J connectivity index is 1.37. The highest BCUT2D eigenvalue weighted by atomic mass is 16.5. The van der Waals surface area contributed by atoms with E-state index in [1.54, 1.807) is 6.07 Å². The van der Waals surface area contributed by atoms with Gasteiger partial charge in [0.1, 0.15) is 6.61 Å². The van der Waals surface area contributed by atoms with E-state index >= 15 is 0 Å². The molecule has 0 atom stereocenters. The highest BCUT2D eigenvalue weighted by Gasteiger charge is 2.50. The number of nitrogens with two attached hydrogens (primary N) is 1. The first-order chi connectivity index (χ1) is 9.21. The summed E-state index contributed by atoms with van der Waals surface area (Å²) in [6.45, 7) is 1.39. The molecule has 0 aliphatic heterocycles. The highest BCUT2D eigenvalue weighted by molar-refractivity contribution is 5.25. The van der Waals surface area contributed by atoms with E-state index in [2.05, 4.69) is 5.16 Å². The third-order valence-electron chi connectivity index (χ3n) is 5.39. The van der Waals surface area contributed by atoms with Gasteiger partial charge in [-0.25, -0.2) is 0 Å². The van der Waals surface area contributed by atoms with Crippen molar-refractivity contribution in [1.82, 2.24) is 5.16 Å². The Bertz CT molecular complexity index is 433. The van der Waals surface area contributed by atoms with Crippen molar-refractivity contribution < 1.29 is 9.26 Å². The van der Waals surface area contributed by atoms with Crippen LogP contribution < -0.4 is 5.73 Å². The Morgan fingerprint density at radius 1 is 1.21 bits per heavy atom. The van der Waals surface area contributed by atoms with Crippen molar-refractivity contribution in [1.29, 1.82) is 0 Å². The van der Waals surface area contributed by atoms with Crippen molar-refractivity contribution in [3.05, 3.63) is 11.8 Å². The van der Waals surface area contributed by atoms with Gasteiger partial charge < -0.3 is 15.0 Å². The summed E-state index contributed by atoms with van der Waals surface area (Å²) in [7, 11) is 0. The molecule has 5 rings (SSSR count). The van der Waals surface area contributed by atoms with Gasteiger partial charge in [-0.2, -0.15) is 0 Å². The summed E-state index contributed by atoms with van der Waals surface area (Å²) >= 11 is 0. The van der Waals surface area contributed by atoms with Crippen molar-refractivity contribution in [2.75, 3.05) is 12.3 Å². The normalized spacial score (nSPS) is 39.9. The van der Waals surface area contributed by atoms with E-state index in [9.17, 15) is 0 Å². The molecule has 0 aromatic carbocycles. The minimum absolute atomic E-state index is 0.438. The van der Waals surface area contributed by atoms with Crippen LogP contribution in [0.15, 0.2) is 10.6 Å². The van der Waals surface area contributed by atoms with Crippen LogP contribution in [0.1, 0.15) is 44.3 Å². The predicted octanol–water partition coefficient (Wildman–Crippen LogP) is 2.99. The van der Waals surface area contributed by atoms with Crippen LogP contribution in [0.5, 0.6) is 0 Å². The monoisotopic (exact) mass is 262 g/mol. The van der Waals surface area contributed by atoms with Gasteiger partial charge in [0, 0.05) is 6.07 Å². The van der Waals surface area contributed by atoms with Crippen molar-refractivity contribution in [3.8, 4) is 0 Å². The smallest absolute Gasteiger partial charge is 0.167 e. The molecule has 0 radical (unpaired) electrons. The Labute approximate surface area is 113 Å². The van der Waals surface area contributed by atoms with Gasteiger partial charge in [-0.15, -0.1) is 0 Å². The molecule has 104 valence electrons. The zero-order valence-electron chi connectivity index (χ0n) is 11.3. The number of hydrogen-bond donors (Lipinski definition) is 1. The molecule has 19 heavy (non-hydrogen) atoms. The first-order valence-electron chi connectivity index (χ1n) is 7.50. The van der Waals surface area contributed by atoms with E-state index in [1.807, 2.05) is 0 Å². The molecule has 4 saturated carbocycles. The van der Waals surface area contributed by atoms with Crippen LogP contribution in [-0.2, 0) is 11.3 Å². The molecule has 1 aromatic rings. The number of anilines is 1. The van der Waals surface area contributed by atoms with Crippen molar-refractivity contribution in [2.24, 2.45) is 23.2 Å². The van der Waals surface area contributed by atoms with Crippen LogP contribution in [0.3, 0.4) is 0 Å². The van der Waals surface area contributed by atoms with Crippen LogP contribution in [0.2, 0.25) is 0 Å². The Kier molecular flexibility index (Phi) is 2.62. The third-order valence-corrected chi connectivity index (χ3v) is 5.39. The SMILES string of the molecule is Nc1cc(COCC23CC4CC(CC(C4)C2)C3)on1. The summed E-state index contributed by atoms with van der Waals surface area (Å²) in [6, 6.07) is 1.75. The van der Waals surface area contributed by atoms with Gasteiger partial charge in [0.25, 0.3) is 0 Å². The molecule has 0 spiro atoms. The summed E-state index contributed by atoms with van der Waals surface area (Å²) in [4.78, 5) is 0. The number of hydrogen-bond acceptors (Lipinski definition) is 4. The fraction of sp³-hybridized carbons (Fsp3) is 0.800. The fourth-order valence-corrected chi connectivity index (χ4v) is 5.23. The quantitative estimate of drug-likeness (QED) is 0.906. The summed E-state index contributed by atoms with van der Waals surface area (Å²) < 4.78 is 11.0. The molecular formula is C15H22N2O2. The zero-order valence-corrected chi connectivity index (χ0v) is 11.3. The predicted molar refractivity (Wildman–Crippen MR) is 71.2 cm³/mol. The lowest BCUT2D eigenvalue weighted by Gasteiger charge is -2.56. The number of ether oxygens (including phenoxy) is 1. The lowest BCUT2D eigenvalue weighted by Crippen LogP contribution is -2.48. The van der Waals surface area contributed by atoms with Gasteiger partial charge in [0.05, 0.1) is 6.61 Å². The molecule has 0 amide bonds. The molecule has 4 bridgehead atoms. The van der Waals surface area contributed by atoms with E-state index < -0.39 is 0 Å². The van der Waals surface area contributed by atoms with Gasteiger partial charge in [0.2, 0.25) is 0 Å². The van der Waals surface area contributed by atoms with Crippen molar-refractivity contribution in [3.63, 3.8) is 0 Å². The summed E-state index contributed by atoms with van der Waals surface area (Å²) in [6.07, 6.45) is 8.61. The fourth-order valence-electron chi connectivity index (χ4n) is 5.23. The van der Waals surface area contributed by atoms with Gasteiger partial charge >= 0.3 is 0 Å². The van der Waals surface area contributed by atoms with Crippen LogP contribution in [0.4, 0.5) is 5.82 Å². The molecule has 4 nitrogen and oxygen atoms in total. The number of rotatable bonds is 4. The average molecular weight is 262 g/mol. The average Bonchev–Trinajstić information content (AvgIpc) is 2.73. The maximum Gasteiger partial charge on any atom is 0.167 e. The van der Waals surface area contributed by atoms with E-state index in [0.29, 0.717) is 17.8 Å². The molecule has 2 N–H and O–H groups in total. The number of aromatic nitrogens is 1. The number of nitrogen functional groups attached to an aromatic ring is 1. The second-order valence-corrected chi connectivity index (χ2v) is 7.13. The van der Waals surface area contributed by atoms with Gasteiger partial charge in [-0.1, -0.05) is 5.16 Å². The van der Waals surface area contributed by atoms with Crippen LogP contribution >= 0.6 is 0 Å². The van der Waals surface area contributed by atoms with E-state index in [1.165, 1.54) is 38.5 Å². The molecule has 4 aliphatic carbocycles. The summed E-state index contributed by atoms with van der Waals surface area (Å²) in [5.41, 5.74) is 6.01. The van der Waals surface area contributed by atoms with E-state index in [0.717, 1.165) is 30.1 Å². The molecule has 4 fully saturated rings. The Morgan fingerprint density at radius 2 is 1.84 bits per heavy atom. The lowest BCUT2D eigenvalue weighted by atomic mass is 9.50. The second kappa shape index (κ2) is 4.23. The molecular weight excluding hydrogens is 240 g/mol. The molecule has 0 unspecified atom stereocenters. The highest BCUT2D eigenvalue weighted by Crippen LogP contribution is 2.60. The maximum atomic E-state index is 5.93.